The molecular weight excluding hydrogens is 246 g/mol. The Hall–Kier alpha value is -2.24. The van der Waals surface area contributed by atoms with Gasteiger partial charge >= 0.3 is 0 Å². The van der Waals surface area contributed by atoms with Crippen LogP contribution in [-0.4, -0.2) is 25.0 Å². The lowest BCUT2D eigenvalue weighted by Gasteiger charge is -2.08. The van der Waals surface area contributed by atoms with Gasteiger partial charge in [-0.2, -0.15) is 0 Å². The Bertz CT molecular complexity index is 435. The molecule has 6 nitrogen and oxygen atoms in total. The molecule has 1 aromatic rings. The lowest BCUT2D eigenvalue weighted by atomic mass is 10.3. The molecule has 1 rings (SSSR count). The van der Waals surface area contributed by atoms with Crippen LogP contribution in [0, 0.1) is 0 Å². The topological polar surface area (TPSA) is 107 Å². The van der Waals surface area contributed by atoms with Crippen LogP contribution in [0.25, 0.3) is 0 Å². The van der Waals surface area contributed by atoms with Gasteiger partial charge in [-0.25, -0.2) is 0 Å². The fourth-order valence-electron chi connectivity index (χ4n) is 1.44. The summed E-state index contributed by atoms with van der Waals surface area (Å²) in [4.78, 5) is 21.9. The highest BCUT2D eigenvalue weighted by molar-refractivity contribution is 5.76. The van der Waals surface area contributed by atoms with Crippen molar-refractivity contribution in [2.45, 2.75) is 19.3 Å². The quantitative estimate of drug-likeness (QED) is 0.467. The first-order valence-electron chi connectivity index (χ1n) is 6.12. The van der Waals surface area contributed by atoms with E-state index in [1.165, 1.54) is 0 Å². The van der Waals surface area contributed by atoms with Crippen molar-refractivity contribution in [1.29, 1.82) is 0 Å². The molecule has 0 aliphatic rings. The Labute approximate surface area is 112 Å². The number of nitrogen functional groups attached to an aromatic ring is 1. The third-order valence-electron chi connectivity index (χ3n) is 2.43. The highest BCUT2D eigenvalue weighted by Crippen LogP contribution is 2.19. The maximum Gasteiger partial charge on any atom is 0.223 e. The van der Waals surface area contributed by atoms with Crippen LogP contribution in [-0.2, 0) is 9.59 Å². The van der Waals surface area contributed by atoms with Crippen molar-refractivity contribution in [3.05, 3.63) is 24.3 Å². The van der Waals surface area contributed by atoms with Crippen LogP contribution in [0.15, 0.2) is 24.3 Å². The molecule has 6 heteroatoms. The minimum Gasteiger partial charge on any atom is -0.491 e. The number of ether oxygens (including phenoxy) is 1. The third kappa shape index (κ3) is 6.30. The van der Waals surface area contributed by atoms with E-state index in [1.807, 2.05) is 12.1 Å². The zero-order valence-electron chi connectivity index (χ0n) is 10.7. The predicted molar refractivity (Wildman–Crippen MR) is 72.4 cm³/mol. The van der Waals surface area contributed by atoms with E-state index in [0.29, 0.717) is 24.4 Å². The number of benzene rings is 1. The van der Waals surface area contributed by atoms with Gasteiger partial charge < -0.3 is 21.5 Å². The number of anilines is 1. The fraction of sp³-hybridized carbons (Fsp3) is 0.385. The largest absolute Gasteiger partial charge is 0.491 e. The molecule has 0 fully saturated rings. The van der Waals surface area contributed by atoms with Crippen molar-refractivity contribution in [2.24, 2.45) is 5.73 Å². The average molecular weight is 265 g/mol. The number of carbonyl (C=O) groups is 2. The van der Waals surface area contributed by atoms with Crippen LogP contribution in [0.3, 0.4) is 0 Å². The Kier molecular flexibility index (Phi) is 6.21. The van der Waals surface area contributed by atoms with E-state index in [-0.39, 0.29) is 31.3 Å². The Balaban J connectivity index is 2.14. The standard InChI is InChI=1S/C13H19N3O3/c14-10-4-1-2-5-11(10)19-9-7-13(18)16-8-3-6-12(15)17/h1-2,4-5H,3,6-9,14H2,(H2,15,17)(H,16,18). The predicted octanol–water partition coefficient (Wildman–Crippen LogP) is 0.419. The smallest absolute Gasteiger partial charge is 0.223 e. The molecule has 0 heterocycles. The van der Waals surface area contributed by atoms with Gasteiger partial charge in [-0.05, 0) is 18.6 Å². The first-order valence-corrected chi connectivity index (χ1v) is 6.12. The van der Waals surface area contributed by atoms with Gasteiger partial charge in [0.25, 0.3) is 0 Å². The average Bonchev–Trinajstić information content (AvgIpc) is 2.37. The monoisotopic (exact) mass is 265 g/mol. The van der Waals surface area contributed by atoms with Crippen LogP contribution < -0.4 is 21.5 Å². The number of hydrogen-bond acceptors (Lipinski definition) is 4. The number of nitrogens with one attached hydrogen (secondary N) is 1. The molecule has 0 aliphatic carbocycles. The van der Waals surface area contributed by atoms with Gasteiger partial charge in [0.2, 0.25) is 11.8 Å². The molecular formula is C13H19N3O3. The van der Waals surface area contributed by atoms with Crippen LogP contribution in [0.1, 0.15) is 19.3 Å². The highest BCUT2D eigenvalue weighted by atomic mass is 16.5. The number of rotatable bonds is 8. The summed E-state index contributed by atoms with van der Waals surface area (Å²) >= 11 is 0. The van der Waals surface area contributed by atoms with Crippen molar-refractivity contribution < 1.29 is 14.3 Å². The van der Waals surface area contributed by atoms with Gasteiger partial charge in [0.15, 0.2) is 0 Å². The van der Waals surface area contributed by atoms with E-state index in [0.717, 1.165) is 0 Å². The summed E-state index contributed by atoms with van der Waals surface area (Å²) in [5.41, 5.74) is 11.2. The molecule has 1 aromatic carbocycles. The van der Waals surface area contributed by atoms with E-state index >= 15 is 0 Å². The molecule has 0 radical (unpaired) electrons. The van der Waals surface area contributed by atoms with Gasteiger partial charge in [0.1, 0.15) is 5.75 Å². The summed E-state index contributed by atoms with van der Waals surface area (Å²) in [6, 6.07) is 7.11. The van der Waals surface area contributed by atoms with Gasteiger partial charge in [-0.3, -0.25) is 9.59 Å². The summed E-state index contributed by atoms with van der Waals surface area (Å²) in [5, 5.41) is 2.68. The number of carbonyl (C=O) groups excluding carboxylic acids is 2. The maximum absolute atomic E-state index is 11.4. The Morgan fingerprint density at radius 1 is 1.21 bits per heavy atom. The van der Waals surface area contributed by atoms with Crippen LogP contribution in [0.4, 0.5) is 5.69 Å². The zero-order chi connectivity index (χ0) is 14.1. The molecule has 0 saturated carbocycles. The molecule has 2 amide bonds. The van der Waals surface area contributed by atoms with E-state index in [4.69, 9.17) is 16.2 Å². The van der Waals surface area contributed by atoms with E-state index < -0.39 is 0 Å². The molecule has 0 bridgehead atoms. The molecule has 0 atom stereocenters. The first-order chi connectivity index (χ1) is 9.09. The lowest BCUT2D eigenvalue weighted by molar-refractivity contribution is -0.122. The van der Waals surface area contributed by atoms with E-state index in [1.54, 1.807) is 12.1 Å². The number of primary amides is 1. The summed E-state index contributed by atoms with van der Waals surface area (Å²) < 4.78 is 5.39. The molecule has 5 N–H and O–H groups in total. The maximum atomic E-state index is 11.4. The molecule has 0 spiro atoms. The van der Waals surface area contributed by atoms with Gasteiger partial charge in [-0.1, -0.05) is 12.1 Å². The van der Waals surface area contributed by atoms with Gasteiger partial charge in [0, 0.05) is 13.0 Å². The molecule has 104 valence electrons. The Morgan fingerprint density at radius 3 is 2.63 bits per heavy atom. The summed E-state index contributed by atoms with van der Waals surface area (Å²) in [5.74, 6) is 0.0835. The second-order valence-corrected chi connectivity index (χ2v) is 4.06. The molecule has 19 heavy (non-hydrogen) atoms. The normalized spacial score (nSPS) is 9.89. The Morgan fingerprint density at radius 2 is 1.95 bits per heavy atom. The van der Waals surface area contributed by atoms with Crippen LogP contribution >= 0.6 is 0 Å². The summed E-state index contributed by atoms with van der Waals surface area (Å²) in [6.45, 7) is 0.700. The fourth-order valence-corrected chi connectivity index (χ4v) is 1.44. The summed E-state index contributed by atoms with van der Waals surface area (Å²) in [6.07, 6.45) is 1.07. The molecule has 0 unspecified atom stereocenters. The highest BCUT2D eigenvalue weighted by Gasteiger charge is 2.03. The lowest BCUT2D eigenvalue weighted by Crippen LogP contribution is -2.26. The second-order valence-electron chi connectivity index (χ2n) is 4.06. The number of amides is 2. The minimum absolute atomic E-state index is 0.126. The van der Waals surface area contributed by atoms with Crippen molar-refractivity contribution in [3.63, 3.8) is 0 Å². The second kappa shape index (κ2) is 7.97. The van der Waals surface area contributed by atoms with E-state index in [2.05, 4.69) is 5.32 Å². The number of para-hydroxylation sites is 2. The minimum atomic E-state index is -0.364. The first kappa shape index (κ1) is 14.8. The zero-order valence-corrected chi connectivity index (χ0v) is 10.7. The third-order valence-corrected chi connectivity index (χ3v) is 2.43. The van der Waals surface area contributed by atoms with Crippen molar-refractivity contribution in [3.8, 4) is 5.75 Å². The van der Waals surface area contributed by atoms with E-state index in [9.17, 15) is 9.59 Å². The SMILES string of the molecule is NC(=O)CCCNC(=O)CCOc1ccccc1N. The van der Waals surface area contributed by atoms with Crippen LogP contribution in [0.2, 0.25) is 0 Å². The summed E-state index contributed by atoms with van der Waals surface area (Å²) in [7, 11) is 0. The number of hydrogen-bond donors (Lipinski definition) is 3. The van der Waals surface area contributed by atoms with Crippen molar-refractivity contribution in [1.82, 2.24) is 5.32 Å². The molecule has 0 saturated heterocycles. The van der Waals surface area contributed by atoms with Gasteiger partial charge in [-0.15, -0.1) is 0 Å². The molecule has 0 aromatic heterocycles. The van der Waals surface area contributed by atoms with Crippen LogP contribution in [0.5, 0.6) is 5.75 Å². The molecule has 0 aliphatic heterocycles. The van der Waals surface area contributed by atoms with Crippen molar-refractivity contribution >= 4 is 17.5 Å². The van der Waals surface area contributed by atoms with Crippen molar-refractivity contribution in [2.75, 3.05) is 18.9 Å². The number of nitrogens with two attached hydrogens (primary N) is 2. The van der Waals surface area contributed by atoms with Gasteiger partial charge in [0.05, 0.1) is 18.7 Å².